The van der Waals surface area contributed by atoms with Crippen LogP contribution in [0.1, 0.15) is 5.56 Å². The number of benzene rings is 1. The Bertz CT molecular complexity index is 242. The first kappa shape index (κ1) is 8.83. The number of phenols is 2. The Hall–Kier alpha value is -1.26. The monoisotopic (exact) mass is 169 g/mol. The van der Waals surface area contributed by atoms with Gasteiger partial charge in [0.25, 0.3) is 0 Å². The van der Waals surface area contributed by atoms with Crippen LogP contribution in [-0.2, 0) is 11.3 Å². The predicted molar refractivity (Wildman–Crippen MR) is 43.6 cm³/mol. The summed E-state index contributed by atoms with van der Waals surface area (Å²) in [6.07, 6.45) is 0.398. The molecule has 0 aliphatic rings. The normalized spacial score (nSPS) is 10.1. The quantitative estimate of drug-likeness (QED) is 0.577. The van der Waals surface area contributed by atoms with Crippen LogP contribution < -0.4 is 5.90 Å². The fraction of sp³-hybridized carbons (Fsp3) is 0.250. The van der Waals surface area contributed by atoms with Gasteiger partial charge in [-0.2, -0.15) is 0 Å². The highest BCUT2D eigenvalue weighted by Crippen LogP contribution is 2.26. The van der Waals surface area contributed by atoms with E-state index in [4.69, 9.17) is 5.90 Å². The zero-order chi connectivity index (χ0) is 8.97. The number of aromatic hydroxyl groups is 2. The number of phenolic OH excluding ortho intramolecular Hbond substituents is 2. The first-order valence-corrected chi connectivity index (χ1v) is 3.57. The molecule has 0 amide bonds. The highest BCUT2D eigenvalue weighted by molar-refractivity contribution is 5.42. The summed E-state index contributed by atoms with van der Waals surface area (Å²) in [6, 6.07) is 4.58. The fourth-order valence-electron chi connectivity index (χ4n) is 0.980. The number of hydrogen-bond donors (Lipinski definition) is 3. The SMILES string of the molecule is NOCCc1c(O)cccc1O. The van der Waals surface area contributed by atoms with Gasteiger partial charge in [-0.3, -0.25) is 0 Å². The largest absolute Gasteiger partial charge is 0.508 e. The van der Waals surface area contributed by atoms with Crippen LogP contribution in [0.4, 0.5) is 0 Å². The number of hydrogen-bond acceptors (Lipinski definition) is 4. The van der Waals surface area contributed by atoms with E-state index in [1.54, 1.807) is 6.07 Å². The van der Waals surface area contributed by atoms with Crippen molar-refractivity contribution < 1.29 is 15.1 Å². The Morgan fingerprint density at radius 2 is 1.83 bits per heavy atom. The van der Waals surface area contributed by atoms with Crippen molar-refractivity contribution in [1.29, 1.82) is 0 Å². The van der Waals surface area contributed by atoms with Gasteiger partial charge in [0.15, 0.2) is 0 Å². The zero-order valence-electron chi connectivity index (χ0n) is 6.53. The van der Waals surface area contributed by atoms with Crippen LogP contribution in [0.3, 0.4) is 0 Å². The first-order valence-electron chi connectivity index (χ1n) is 3.57. The zero-order valence-corrected chi connectivity index (χ0v) is 6.53. The maximum atomic E-state index is 9.26. The Morgan fingerprint density at radius 1 is 1.25 bits per heavy atom. The van der Waals surface area contributed by atoms with E-state index in [1.807, 2.05) is 0 Å². The van der Waals surface area contributed by atoms with Crippen molar-refractivity contribution in [2.24, 2.45) is 5.90 Å². The van der Waals surface area contributed by atoms with Gasteiger partial charge in [0.2, 0.25) is 0 Å². The predicted octanol–water partition coefficient (Wildman–Crippen LogP) is 0.531. The summed E-state index contributed by atoms with van der Waals surface area (Å²) in [5.74, 6) is 4.94. The lowest BCUT2D eigenvalue weighted by atomic mass is 10.1. The maximum Gasteiger partial charge on any atom is 0.122 e. The highest BCUT2D eigenvalue weighted by Gasteiger charge is 2.05. The molecule has 4 nitrogen and oxygen atoms in total. The van der Waals surface area contributed by atoms with E-state index < -0.39 is 0 Å². The van der Waals surface area contributed by atoms with Crippen molar-refractivity contribution in [3.63, 3.8) is 0 Å². The Morgan fingerprint density at radius 3 is 2.33 bits per heavy atom. The molecule has 1 aromatic rings. The molecular weight excluding hydrogens is 158 g/mol. The van der Waals surface area contributed by atoms with Gasteiger partial charge in [-0.05, 0) is 12.1 Å². The van der Waals surface area contributed by atoms with E-state index in [1.165, 1.54) is 12.1 Å². The van der Waals surface area contributed by atoms with E-state index in [-0.39, 0.29) is 18.1 Å². The van der Waals surface area contributed by atoms with E-state index in [2.05, 4.69) is 4.84 Å². The standard InChI is InChI=1S/C8H11NO3/c9-12-5-4-6-7(10)2-1-3-8(6)11/h1-3,10-11H,4-5,9H2. The summed E-state index contributed by atoms with van der Waals surface area (Å²) in [5.41, 5.74) is 0.461. The third-order valence-corrected chi connectivity index (χ3v) is 1.60. The van der Waals surface area contributed by atoms with Crippen molar-refractivity contribution in [3.8, 4) is 11.5 Å². The van der Waals surface area contributed by atoms with Crippen molar-refractivity contribution in [2.45, 2.75) is 6.42 Å². The van der Waals surface area contributed by atoms with Crippen LogP contribution in [-0.4, -0.2) is 16.8 Å². The molecule has 0 bridgehead atoms. The third kappa shape index (κ3) is 1.87. The molecule has 0 heterocycles. The first-order chi connectivity index (χ1) is 5.75. The molecule has 0 saturated heterocycles. The lowest BCUT2D eigenvalue weighted by Gasteiger charge is -2.05. The minimum Gasteiger partial charge on any atom is -0.508 e. The molecule has 1 rings (SSSR count). The van der Waals surface area contributed by atoms with Crippen LogP contribution in [0.2, 0.25) is 0 Å². The summed E-state index contributed by atoms with van der Waals surface area (Å²) < 4.78 is 0. The Labute approximate surface area is 70.2 Å². The molecule has 4 heteroatoms. The van der Waals surface area contributed by atoms with Crippen molar-refractivity contribution in [2.75, 3.05) is 6.61 Å². The van der Waals surface area contributed by atoms with Crippen LogP contribution in [0.25, 0.3) is 0 Å². The molecule has 4 N–H and O–H groups in total. The van der Waals surface area contributed by atoms with E-state index >= 15 is 0 Å². The lowest BCUT2D eigenvalue weighted by Crippen LogP contribution is -2.03. The highest BCUT2D eigenvalue weighted by atomic mass is 16.6. The molecule has 1 aromatic carbocycles. The van der Waals surface area contributed by atoms with Gasteiger partial charge in [-0.25, -0.2) is 5.90 Å². The van der Waals surface area contributed by atoms with Crippen molar-refractivity contribution >= 4 is 0 Å². The van der Waals surface area contributed by atoms with Gasteiger partial charge in [-0.1, -0.05) is 6.07 Å². The smallest absolute Gasteiger partial charge is 0.122 e. The van der Waals surface area contributed by atoms with Crippen molar-refractivity contribution in [1.82, 2.24) is 0 Å². The molecular formula is C8H11NO3. The molecule has 0 unspecified atom stereocenters. The summed E-state index contributed by atoms with van der Waals surface area (Å²) >= 11 is 0. The van der Waals surface area contributed by atoms with Crippen LogP contribution in [0.15, 0.2) is 18.2 Å². The molecule has 0 saturated carbocycles. The molecule has 0 aliphatic heterocycles. The molecule has 66 valence electrons. The average molecular weight is 169 g/mol. The summed E-state index contributed by atoms with van der Waals surface area (Å²) in [7, 11) is 0. The second-order valence-corrected chi connectivity index (χ2v) is 2.40. The maximum absolute atomic E-state index is 9.26. The molecule has 12 heavy (non-hydrogen) atoms. The van der Waals surface area contributed by atoms with Crippen LogP contribution in [0.5, 0.6) is 11.5 Å². The molecule has 0 aliphatic carbocycles. The summed E-state index contributed by atoms with van der Waals surface area (Å²) in [5, 5.41) is 18.5. The van der Waals surface area contributed by atoms with Crippen LogP contribution in [0, 0.1) is 0 Å². The number of nitrogens with two attached hydrogens (primary N) is 1. The summed E-state index contributed by atoms with van der Waals surface area (Å²) in [6.45, 7) is 0.269. The minimum absolute atomic E-state index is 0.0621. The van der Waals surface area contributed by atoms with Gasteiger partial charge in [0.05, 0.1) is 6.61 Å². The molecule has 0 atom stereocenters. The molecule has 0 radical (unpaired) electrons. The topological polar surface area (TPSA) is 75.7 Å². The molecule has 0 aromatic heterocycles. The number of rotatable bonds is 3. The summed E-state index contributed by atoms with van der Waals surface area (Å²) in [4.78, 5) is 4.33. The Kier molecular flexibility index (Phi) is 2.90. The van der Waals surface area contributed by atoms with Gasteiger partial charge in [0.1, 0.15) is 11.5 Å². The van der Waals surface area contributed by atoms with Gasteiger partial charge >= 0.3 is 0 Å². The van der Waals surface area contributed by atoms with Gasteiger partial charge in [0, 0.05) is 12.0 Å². The second kappa shape index (κ2) is 3.94. The minimum atomic E-state index is 0.0621. The fourth-order valence-corrected chi connectivity index (χ4v) is 0.980. The Balaban J connectivity index is 2.81. The van der Waals surface area contributed by atoms with E-state index in [0.29, 0.717) is 12.0 Å². The molecule has 0 spiro atoms. The van der Waals surface area contributed by atoms with Gasteiger partial charge in [-0.15, -0.1) is 0 Å². The van der Waals surface area contributed by atoms with Crippen molar-refractivity contribution in [3.05, 3.63) is 23.8 Å². The average Bonchev–Trinajstić information content (AvgIpc) is 2.04. The van der Waals surface area contributed by atoms with Crippen LogP contribution >= 0.6 is 0 Å². The van der Waals surface area contributed by atoms with E-state index in [0.717, 1.165) is 0 Å². The third-order valence-electron chi connectivity index (χ3n) is 1.60. The second-order valence-electron chi connectivity index (χ2n) is 2.40. The lowest BCUT2D eigenvalue weighted by molar-refractivity contribution is 0.140. The van der Waals surface area contributed by atoms with Gasteiger partial charge < -0.3 is 15.1 Å². The van der Waals surface area contributed by atoms with E-state index in [9.17, 15) is 10.2 Å². The molecule has 0 fully saturated rings.